The summed E-state index contributed by atoms with van der Waals surface area (Å²) < 4.78 is 6.89. The molecule has 4 heteroatoms. The minimum Gasteiger partial charge on any atom is -0.497 e. The first-order valence-electron chi connectivity index (χ1n) is 4.67. The number of aromatic nitrogens is 1. The molecular weight excluding hydrogens is 334 g/mol. The summed E-state index contributed by atoms with van der Waals surface area (Å²) in [6, 6.07) is 9.89. The van der Waals surface area contributed by atoms with E-state index in [0.29, 0.717) is 0 Å². The molecule has 0 fully saturated rings. The van der Waals surface area contributed by atoms with Gasteiger partial charge in [-0.25, -0.2) is 4.98 Å². The number of pyridine rings is 1. The summed E-state index contributed by atoms with van der Waals surface area (Å²) in [4.78, 5) is 4.14. The SMILES string of the molecule is COc1ccc(-c2ccnc(Br)c2Br)cc1. The van der Waals surface area contributed by atoms with E-state index in [1.807, 2.05) is 30.3 Å². The van der Waals surface area contributed by atoms with Crippen molar-refractivity contribution in [2.24, 2.45) is 0 Å². The highest BCUT2D eigenvalue weighted by Gasteiger charge is 2.06. The van der Waals surface area contributed by atoms with E-state index in [1.165, 1.54) is 0 Å². The second-order valence-electron chi connectivity index (χ2n) is 3.19. The first-order chi connectivity index (χ1) is 7.72. The molecule has 0 spiro atoms. The van der Waals surface area contributed by atoms with Crippen molar-refractivity contribution < 1.29 is 4.74 Å². The number of nitrogens with zero attached hydrogens (tertiary/aromatic N) is 1. The van der Waals surface area contributed by atoms with Crippen LogP contribution in [-0.2, 0) is 0 Å². The topological polar surface area (TPSA) is 22.1 Å². The van der Waals surface area contributed by atoms with Crippen LogP contribution in [0.4, 0.5) is 0 Å². The van der Waals surface area contributed by atoms with Gasteiger partial charge in [-0.1, -0.05) is 12.1 Å². The molecule has 16 heavy (non-hydrogen) atoms. The molecule has 2 rings (SSSR count). The summed E-state index contributed by atoms with van der Waals surface area (Å²) in [7, 11) is 1.66. The van der Waals surface area contributed by atoms with E-state index >= 15 is 0 Å². The normalized spacial score (nSPS) is 10.2. The highest BCUT2D eigenvalue weighted by molar-refractivity contribution is 9.13. The quantitative estimate of drug-likeness (QED) is 0.760. The smallest absolute Gasteiger partial charge is 0.120 e. The van der Waals surface area contributed by atoms with Gasteiger partial charge in [0.2, 0.25) is 0 Å². The highest BCUT2D eigenvalue weighted by Crippen LogP contribution is 2.33. The van der Waals surface area contributed by atoms with Gasteiger partial charge in [0.15, 0.2) is 0 Å². The Labute approximate surface area is 111 Å². The molecule has 0 N–H and O–H groups in total. The van der Waals surface area contributed by atoms with E-state index in [-0.39, 0.29) is 0 Å². The Balaban J connectivity index is 2.46. The predicted molar refractivity (Wildman–Crippen MR) is 71.6 cm³/mol. The van der Waals surface area contributed by atoms with Gasteiger partial charge >= 0.3 is 0 Å². The standard InChI is InChI=1S/C12H9Br2NO/c1-16-9-4-2-8(3-5-9)10-6-7-15-12(14)11(10)13/h2-7H,1H3. The molecule has 0 unspecified atom stereocenters. The lowest BCUT2D eigenvalue weighted by atomic mass is 10.1. The van der Waals surface area contributed by atoms with E-state index in [4.69, 9.17) is 4.74 Å². The van der Waals surface area contributed by atoms with Gasteiger partial charge in [-0.15, -0.1) is 0 Å². The molecule has 2 nitrogen and oxygen atoms in total. The lowest BCUT2D eigenvalue weighted by Crippen LogP contribution is -1.85. The Morgan fingerprint density at radius 2 is 1.75 bits per heavy atom. The number of hydrogen-bond donors (Lipinski definition) is 0. The lowest BCUT2D eigenvalue weighted by Gasteiger charge is -2.06. The van der Waals surface area contributed by atoms with E-state index in [1.54, 1.807) is 13.3 Å². The molecule has 1 aromatic carbocycles. The van der Waals surface area contributed by atoms with Gasteiger partial charge in [0.1, 0.15) is 10.4 Å². The van der Waals surface area contributed by atoms with E-state index < -0.39 is 0 Å². The number of methoxy groups -OCH3 is 1. The monoisotopic (exact) mass is 341 g/mol. The molecule has 2 aromatic rings. The second kappa shape index (κ2) is 4.97. The van der Waals surface area contributed by atoms with E-state index in [0.717, 1.165) is 26.0 Å². The summed E-state index contributed by atoms with van der Waals surface area (Å²) in [6.45, 7) is 0. The molecule has 0 aliphatic rings. The van der Waals surface area contributed by atoms with Crippen LogP contribution in [-0.4, -0.2) is 12.1 Å². The van der Waals surface area contributed by atoms with Crippen LogP contribution in [0.5, 0.6) is 5.75 Å². The van der Waals surface area contributed by atoms with Crippen LogP contribution >= 0.6 is 31.9 Å². The van der Waals surface area contributed by atoms with Gasteiger partial charge in [0, 0.05) is 11.8 Å². The van der Waals surface area contributed by atoms with Gasteiger partial charge < -0.3 is 4.74 Å². The van der Waals surface area contributed by atoms with E-state index in [9.17, 15) is 0 Å². The second-order valence-corrected chi connectivity index (χ2v) is 4.74. The van der Waals surface area contributed by atoms with Crippen LogP contribution in [0.3, 0.4) is 0 Å². The van der Waals surface area contributed by atoms with Crippen molar-refractivity contribution in [1.29, 1.82) is 0 Å². The van der Waals surface area contributed by atoms with E-state index in [2.05, 4.69) is 36.8 Å². The number of rotatable bonds is 2. The predicted octanol–water partition coefficient (Wildman–Crippen LogP) is 4.28. The van der Waals surface area contributed by atoms with Crippen LogP contribution in [0.25, 0.3) is 11.1 Å². The van der Waals surface area contributed by atoms with Crippen LogP contribution in [0.15, 0.2) is 45.6 Å². The van der Waals surface area contributed by atoms with Crippen LogP contribution < -0.4 is 4.74 Å². The first kappa shape index (κ1) is 11.6. The molecule has 82 valence electrons. The summed E-state index contributed by atoms with van der Waals surface area (Å²) in [6.07, 6.45) is 1.77. The van der Waals surface area contributed by atoms with Crippen molar-refractivity contribution >= 4 is 31.9 Å². The molecule has 0 atom stereocenters. The summed E-state index contributed by atoms with van der Waals surface area (Å²) in [5.74, 6) is 0.855. The summed E-state index contributed by atoms with van der Waals surface area (Å²) >= 11 is 6.90. The van der Waals surface area contributed by atoms with Crippen molar-refractivity contribution in [1.82, 2.24) is 4.98 Å². The van der Waals surface area contributed by atoms with Crippen molar-refractivity contribution in [3.8, 4) is 16.9 Å². The minimum absolute atomic E-state index is 0.806. The zero-order chi connectivity index (χ0) is 11.5. The Bertz CT molecular complexity index is 497. The van der Waals surface area contributed by atoms with Crippen molar-refractivity contribution in [2.75, 3.05) is 7.11 Å². The van der Waals surface area contributed by atoms with Gasteiger partial charge in [-0.05, 0) is 55.6 Å². The van der Waals surface area contributed by atoms with Gasteiger partial charge in [0.05, 0.1) is 11.6 Å². The maximum Gasteiger partial charge on any atom is 0.120 e. The molecule has 1 heterocycles. The van der Waals surface area contributed by atoms with Crippen LogP contribution in [0, 0.1) is 0 Å². The molecule has 1 aromatic heterocycles. The summed E-state index contributed by atoms with van der Waals surface area (Å²) in [5, 5.41) is 0. The Morgan fingerprint density at radius 1 is 1.06 bits per heavy atom. The average molecular weight is 343 g/mol. The first-order valence-corrected chi connectivity index (χ1v) is 6.25. The number of hydrogen-bond acceptors (Lipinski definition) is 2. The van der Waals surface area contributed by atoms with Crippen LogP contribution in [0.2, 0.25) is 0 Å². The van der Waals surface area contributed by atoms with Crippen molar-refractivity contribution in [3.63, 3.8) is 0 Å². The van der Waals surface area contributed by atoms with Crippen molar-refractivity contribution in [2.45, 2.75) is 0 Å². The minimum atomic E-state index is 0.806. The zero-order valence-corrected chi connectivity index (χ0v) is 11.7. The molecule has 0 bridgehead atoms. The van der Waals surface area contributed by atoms with Gasteiger partial charge in [-0.2, -0.15) is 0 Å². The third-order valence-electron chi connectivity index (χ3n) is 2.25. The number of halogens is 2. The number of ether oxygens (including phenoxy) is 1. The largest absolute Gasteiger partial charge is 0.497 e. The lowest BCUT2D eigenvalue weighted by molar-refractivity contribution is 0.415. The summed E-state index contributed by atoms with van der Waals surface area (Å²) in [5.41, 5.74) is 2.22. The fourth-order valence-electron chi connectivity index (χ4n) is 1.41. The highest BCUT2D eigenvalue weighted by atomic mass is 79.9. The molecule has 0 aliphatic carbocycles. The fraction of sp³-hybridized carbons (Fsp3) is 0.0833. The third kappa shape index (κ3) is 2.28. The molecule has 0 saturated heterocycles. The maximum absolute atomic E-state index is 5.13. The molecule has 0 aliphatic heterocycles. The number of benzene rings is 1. The average Bonchev–Trinajstić information content (AvgIpc) is 2.33. The fourth-order valence-corrected chi connectivity index (χ4v) is 2.21. The third-order valence-corrected chi connectivity index (χ3v) is 4.18. The Kier molecular flexibility index (Phi) is 3.61. The molecule has 0 radical (unpaired) electrons. The zero-order valence-electron chi connectivity index (χ0n) is 8.58. The molecular formula is C12H9Br2NO. The maximum atomic E-state index is 5.13. The van der Waals surface area contributed by atoms with Gasteiger partial charge in [-0.3, -0.25) is 0 Å². The van der Waals surface area contributed by atoms with Crippen LogP contribution in [0.1, 0.15) is 0 Å². The Hall–Kier alpha value is -0.870. The van der Waals surface area contributed by atoms with Crippen molar-refractivity contribution in [3.05, 3.63) is 45.6 Å². The molecule has 0 saturated carbocycles. The Morgan fingerprint density at radius 3 is 2.38 bits per heavy atom. The van der Waals surface area contributed by atoms with Gasteiger partial charge in [0.25, 0.3) is 0 Å². The molecule has 0 amide bonds.